The summed E-state index contributed by atoms with van der Waals surface area (Å²) in [4.78, 5) is 12.4. The lowest BCUT2D eigenvalue weighted by molar-refractivity contribution is -0.123. The Bertz CT molecular complexity index is 1070. The van der Waals surface area contributed by atoms with Gasteiger partial charge in [-0.15, -0.1) is 0 Å². The van der Waals surface area contributed by atoms with Gasteiger partial charge in [0, 0.05) is 6.42 Å². The Kier molecular flexibility index (Phi) is 51.3. The van der Waals surface area contributed by atoms with E-state index in [9.17, 15) is 15.0 Å². The highest BCUT2D eigenvalue weighted by Crippen LogP contribution is 2.17. The summed E-state index contributed by atoms with van der Waals surface area (Å²) in [5.74, 6) is -0.0976. The Morgan fingerprint density at radius 1 is 0.403 bits per heavy atom. The van der Waals surface area contributed by atoms with E-state index in [0.717, 1.165) is 77.0 Å². The van der Waals surface area contributed by atoms with Gasteiger partial charge < -0.3 is 15.5 Å². The minimum Gasteiger partial charge on any atom is -0.394 e. The van der Waals surface area contributed by atoms with Crippen molar-refractivity contribution < 1.29 is 15.0 Å². The van der Waals surface area contributed by atoms with E-state index in [0.29, 0.717) is 6.42 Å². The first-order valence-corrected chi connectivity index (χ1v) is 27.2. The molecule has 1 amide bonds. The van der Waals surface area contributed by atoms with Crippen LogP contribution in [0.15, 0.2) is 72.9 Å². The number of aliphatic hydroxyl groups is 2. The quantitative estimate of drug-likeness (QED) is 0.0421. The number of hydrogen-bond donors (Lipinski definition) is 3. The third-order valence-corrected chi connectivity index (χ3v) is 12.2. The molecule has 4 nitrogen and oxygen atoms in total. The van der Waals surface area contributed by atoms with Gasteiger partial charge in [0.15, 0.2) is 0 Å². The zero-order chi connectivity index (χ0) is 44.9. The maximum atomic E-state index is 12.4. The third-order valence-electron chi connectivity index (χ3n) is 12.2. The van der Waals surface area contributed by atoms with Crippen LogP contribution in [0.2, 0.25) is 0 Å². The van der Waals surface area contributed by atoms with Crippen LogP contribution in [0.1, 0.15) is 271 Å². The molecule has 360 valence electrons. The van der Waals surface area contributed by atoms with Gasteiger partial charge in [-0.25, -0.2) is 0 Å². The van der Waals surface area contributed by atoms with Crippen molar-refractivity contribution in [2.24, 2.45) is 0 Å². The Hall–Kier alpha value is -2.17. The highest BCUT2D eigenvalue weighted by molar-refractivity contribution is 5.76. The fraction of sp³-hybridized carbons (Fsp3) is 0.776. The van der Waals surface area contributed by atoms with Crippen molar-refractivity contribution in [2.75, 3.05) is 6.61 Å². The molecule has 0 aliphatic heterocycles. The summed E-state index contributed by atoms with van der Waals surface area (Å²) in [5, 5.41) is 23.1. The molecule has 0 aliphatic carbocycles. The summed E-state index contributed by atoms with van der Waals surface area (Å²) in [6.45, 7) is 4.19. The van der Waals surface area contributed by atoms with Crippen LogP contribution in [-0.2, 0) is 4.79 Å². The van der Waals surface area contributed by atoms with Crippen LogP contribution < -0.4 is 5.32 Å². The predicted molar refractivity (Wildman–Crippen MR) is 276 cm³/mol. The first-order chi connectivity index (χ1) is 30.7. The molecule has 0 saturated carbocycles. The fourth-order valence-corrected chi connectivity index (χ4v) is 8.07. The molecule has 0 heterocycles. The second kappa shape index (κ2) is 53.2. The van der Waals surface area contributed by atoms with Crippen LogP contribution in [0, 0.1) is 0 Å². The van der Waals surface area contributed by atoms with Crippen molar-refractivity contribution in [3.63, 3.8) is 0 Å². The zero-order valence-corrected chi connectivity index (χ0v) is 41.4. The van der Waals surface area contributed by atoms with Gasteiger partial charge in [0.2, 0.25) is 5.91 Å². The van der Waals surface area contributed by atoms with Crippen LogP contribution in [0.3, 0.4) is 0 Å². The second-order valence-electron chi connectivity index (χ2n) is 18.3. The van der Waals surface area contributed by atoms with Gasteiger partial charge in [0.05, 0.1) is 18.8 Å². The molecular formula is C58H105NO3. The maximum absolute atomic E-state index is 12.4. The Labute approximate surface area is 387 Å². The summed E-state index contributed by atoms with van der Waals surface area (Å²) in [6.07, 6.45) is 76.4. The van der Waals surface area contributed by atoms with Crippen LogP contribution in [-0.4, -0.2) is 34.9 Å². The molecule has 2 unspecified atom stereocenters. The Morgan fingerprint density at radius 3 is 1.13 bits per heavy atom. The van der Waals surface area contributed by atoms with Gasteiger partial charge in [-0.3, -0.25) is 4.79 Å². The standard InChI is InChI=1S/C58H105NO3/c1-3-5-7-9-11-13-15-17-19-21-22-23-24-25-26-27-28-29-30-31-32-33-34-35-36-38-39-41-43-45-47-49-51-53-57(61)56(55-60)59-58(62)54-52-50-48-46-44-42-40-37-20-18-16-14-12-10-8-6-4-2/h6,8,12,14,18,20,40,42-43,45,51,53,56-57,60-61H,3-5,7,9-11,13,15-17,19,21-39,41,44,46-50,52,54-55H2,1-2H3,(H,59,62)/b8-6-,14-12-,20-18-,42-40-,45-43+,53-51+. The molecule has 0 aromatic heterocycles. The molecule has 0 aromatic carbocycles. The number of amides is 1. The van der Waals surface area contributed by atoms with Crippen molar-refractivity contribution >= 4 is 5.91 Å². The molecule has 0 radical (unpaired) electrons. The van der Waals surface area contributed by atoms with E-state index in [1.807, 2.05) is 6.08 Å². The van der Waals surface area contributed by atoms with Crippen molar-refractivity contribution in [1.29, 1.82) is 0 Å². The van der Waals surface area contributed by atoms with Crippen molar-refractivity contribution in [1.82, 2.24) is 5.32 Å². The third kappa shape index (κ3) is 48.9. The van der Waals surface area contributed by atoms with Gasteiger partial charge in [-0.1, -0.05) is 267 Å². The summed E-state index contributed by atoms with van der Waals surface area (Å²) in [7, 11) is 0. The molecule has 0 rings (SSSR count). The average Bonchev–Trinajstić information content (AvgIpc) is 3.28. The average molecular weight is 864 g/mol. The summed E-state index contributed by atoms with van der Waals surface area (Å²) in [5.41, 5.74) is 0. The SMILES string of the molecule is CC/C=C\C/C=C\C/C=C\C/C=C\CCCCCCC(=O)NC(CO)C(O)/C=C/CC/C=C/CCCCCCCCCCCCCCCCCCCCCCCCCCCCC. The molecule has 0 saturated heterocycles. The molecule has 0 spiro atoms. The van der Waals surface area contributed by atoms with E-state index in [2.05, 4.69) is 79.9 Å². The van der Waals surface area contributed by atoms with Crippen molar-refractivity contribution in [3.05, 3.63) is 72.9 Å². The molecular weight excluding hydrogens is 759 g/mol. The number of carbonyl (C=O) groups is 1. The number of allylic oxidation sites excluding steroid dienone is 11. The molecule has 4 heteroatoms. The largest absolute Gasteiger partial charge is 0.394 e. The molecule has 0 fully saturated rings. The smallest absolute Gasteiger partial charge is 0.220 e. The van der Waals surface area contributed by atoms with Gasteiger partial charge in [-0.2, -0.15) is 0 Å². The summed E-state index contributed by atoms with van der Waals surface area (Å²) in [6, 6.07) is -0.657. The summed E-state index contributed by atoms with van der Waals surface area (Å²) >= 11 is 0. The number of hydrogen-bond acceptors (Lipinski definition) is 3. The lowest BCUT2D eigenvalue weighted by Gasteiger charge is -2.19. The number of unbranched alkanes of at least 4 members (excludes halogenated alkanes) is 32. The van der Waals surface area contributed by atoms with Gasteiger partial charge in [0.1, 0.15) is 0 Å². The van der Waals surface area contributed by atoms with Crippen LogP contribution in [0.5, 0.6) is 0 Å². The van der Waals surface area contributed by atoms with Crippen LogP contribution in [0.25, 0.3) is 0 Å². The highest BCUT2D eigenvalue weighted by Gasteiger charge is 2.17. The highest BCUT2D eigenvalue weighted by atomic mass is 16.3. The molecule has 2 atom stereocenters. The molecule has 0 bridgehead atoms. The molecule has 0 aliphatic rings. The van der Waals surface area contributed by atoms with Crippen molar-refractivity contribution in [3.8, 4) is 0 Å². The first-order valence-electron chi connectivity index (χ1n) is 27.2. The summed E-state index contributed by atoms with van der Waals surface area (Å²) < 4.78 is 0. The van der Waals surface area contributed by atoms with Gasteiger partial charge >= 0.3 is 0 Å². The maximum Gasteiger partial charge on any atom is 0.220 e. The lowest BCUT2D eigenvalue weighted by atomic mass is 10.0. The predicted octanol–water partition coefficient (Wildman–Crippen LogP) is 17.8. The molecule has 0 aromatic rings. The second-order valence-corrected chi connectivity index (χ2v) is 18.3. The Morgan fingerprint density at radius 2 is 0.726 bits per heavy atom. The van der Waals surface area contributed by atoms with Crippen molar-refractivity contribution in [2.45, 2.75) is 283 Å². The fourth-order valence-electron chi connectivity index (χ4n) is 8.07. The molecule has 3 N–H and O–H groups in total. The first kappa shape index (κ1) is 59.8. The number of rotatable bonds is 49. The molecule has 62 heavy (non-hydrogen) atoms. The van der Waals surface area contributed by atoms with E-state index in [-0.39, 0.29) is 12.5 Å². The van der Waals surface area contributed by atoms with E-state index in [1.165, 1.54) is 173 Å². The minimum atomic E-state index is -0.877. The number of aliphatic hydroxyl groups excluding tert-OH is 2. The van der Waals surface area contributed by atoms with E-state index >= 15 is 0 Å². The number of carbonyl (C=O) groups excluding carboxylic acids is 1. The minimum absolute atomic E-state index is 0.0976. The van der Waals surface area contributed by atoms with Gasteiger partial charge in [0.25, 0.3) is 0 Å². The normalized spacial score (nSPS) is 13.4. The lowest BCUT2D eigenvalue weighted by Crippen LogP contribution is -2.45. The zero-order valence-electron chi connectivity index (χ0n) is 41.4. The van der Waals surface area contributed by atoms with Gasteiger partial charge in [-0.05, 0) is 70.6 Å². The Balaban J connectivity index is 3.53. The van der Waals surface area contributed by atoms with E-state index < -0.39 is 12.1 Å². The number of nitrogens with one attached hydrogen (secondary N) is 1. The van der Waals surface area contributed by atoms with E-state index in [1.54, 1.807) is 6.08 Å². The van der Waals surface area contributed by atoms with E-state index in [4.69, 9.17) is 0 Å². The monoisotopic (exact) mass is 864 g/mol. The van der Waals surface area contributed by atoms with Crippen LogP contribution in [0.4, 0.5) is 0 Å². The van der Waals surface area contributed by atoms with Crippen LogP contribution >= 0.6 is 0 Å². The topological polar surface area (TPSA) is 69.6 Å².